The van der Waals surface area contributed by atoms with E-state index in [0.717, 1.165) is 59.8 Å². The predicted octanol–water partition coefficient (Wildman–Crippen LogP) is 7.02. The molecule has 1 unspecified atom stereocenters. The number of ketones is 1. The van der Waals surface area contributed by atoms with Crippen molar-refractivity contribution in [2.75, 3.05) is 7.11 Å². The number of fused-ring (bicyclic) bond motifs is 3. The predicted molar refractivity (Wildman–Crippen MR) is 132 cm³/mol. The van der Waals surface area contributed by atoms with Crippen molar-refractivity contribution in [3.63, 3.8) is 0 Å². The van der Waals surface area contributed by atoms with Gasteiger partial charge in [0.2, 0.25) is 8.32 Å². The Morgan fingerprint density at radius 3 is 2.28 bits per heavy atom. The fourth-order valence-corrected chi connectivity index (χ4v) is 9.04. The summed E-state index contributed by atoms with van der Waals surface area (Å²) >= 11 is 0. The average Bonchev–Trinajstić information content (AvgIpc) is 2.78. The number of rotatable bonds is 7. The highest BCUT2D eigenvalue weighted by Crippen LogP contribution is 2.58. The zero-order valence-electron chi connectivity index (χ0n) is 21.4. The molecule has 0 heterocycles. The van der Waals surface area contributed by atoms with Crippen molar-refractivity contribution < 1.29 is 18.8 Å². The molecule has 0 amide bonds. The maximum atomic E-state index is 13.4. The van der Waals surface area contributed by atoms with Gasteiger partial charge in [-0.15, -0.1) is 0 Å². The van der Waals surface area contributed by atoms with Gasteiger partial charge < -0.3 is 9.16 Å². The molecule has 0 aromatic heterocycles. The molecule has 2 aliphatic rings. The van der Waals surface area contributed by atoms with Crippen LogP contribution in [0, 0.1) is 11.3 Å². The molecule has 1 aromatic carbocycles. The van der Waals surface area contributed by atoms with E-state index < -0.39 is 13.7 Å². The average molecular weight is 459 g/mol. The molecule has 1 fully saturated rings. The Morgan fingerprint density at radius 1 is 1.12 bits per heavy atom. The molecule has 3 rings (SSSR count). The maximum absolute atomic E-state index is 13.4. The van der Waals surface area contributed by atoms with Crippen LogP contribution in [0.25, 0.3) is 0 Å². The van der Waals surface area contributed by atoms with Crippen LogP contribution in [-0.2, 0) is 14.9 Å². The van der Waals surface area contributed by atoms with E-state index in [1.807, 2.05) is 6.92 Å². The molecule has 1 saturated carbocycles. The SMILES string of the molecule is CC[Si](CC)(CC)Oc1cc2c(cc1C(C)C)C(=O)CC1[C@@](C)(C(=O)OC)CCC[C@]21C. The first-order chi connectivity index (χ1) is 15.0. The standard InChI is InChI=1S/C27H42O4Si/c1-9-32(10-2,11-3)31-23-16-21-20(15-19(23)18(4)5)22(28)17-24-26(21,6)13-12-14-27(24,7)25(29)30-8/h15-16,18,24H,9-14,17H2,1-8H3/t24?,26-,27+/m1/s1. The van der Waals surface area contributed by atoms with E-state index >= 15 is 0 Å². The summed E-state index contributed by atoms with van der Waals surface area (Å²) in [6.07, 6.45) is 3.10. The summed E-state index contributed by atoms with van der Waals surface area (Å²) in [6.45, 7) is 15.3. The van der Waals surface area contributed by atoms with Gasteiger partial charge in [0.25, 0.3) is 0 Å². The van der Waals surface area contributed by atoms with Crippen molar-refractivity contribution in [2.24, 2.45) is 11.3 Å². The third-order valence-corrected chi connectivity index (χ3v) is 13.4. The molecular weight excluding hydrogens is 416 g/mol. The number of benzene rings is 1. The Labute approximate surface area is 195 Å². The summed E-state index contributed by atoms with van der Waals surface area (Å²) in [5.41, 5.74) is 2.18. The Morgan fingerprint density at radius 2 is 1.75 bits per heavy atom. The zero-order valence-corrected chi connectivity index (χ0v) is 22.4. The first-order valence-electron chi connectivity index (χ1n) is 12.5. The molecule has 178 valence electrons. The lowest BCUT2D eigenvalue weighted by Gasteiger charge is -2.53. The fourth-order valence-electron chi connectivity index (χ4n) is 6.46. The van der Waals surface area contributed by atoms with E-state index in [2.05, 4.69) is 53.7 Å². The minimum absolute atomic E-state index is 0.0560. The molecule has 0 aliphatic heterocycles. The van der Waals surface area contributed by atoms with E-state index in [1.165, 1.54) is 7.11 Å². The largest absolute Gasteiger partial charge is 0.543 e. The molecule has 2 aliphatic carbocycles. The van der Waals surface area contributed by atoms with Gasteiger partial charge in [-0.05, 0) is 78.4 Å². The summed E-state index contributed by atoms with van der Waals surface area (Å²) in [7, 11) is -0.415. The second-order valence-corrected chi connectivity index (χ2v) is 15.5. The molecule has 0 radical (unpaired) electrons. The van der Waals surface area contributed by atoms with Crippen molar-refractivity contribution >= 4 is 20.1 Å². The molecule has 3 atom stereocenters. The summed E-state index contributed by atoms with van der Waals surface area (Å²) < 4.78 is 12.1. The van der Waals surface area contributed by atoms with E-state index in [4.69, 9.17) is 9.16 Å². The molecule has 4 nitrogen and oxygen atoms in total. The van der Waals surface area contributed by atoms with Crippen LogP contribution >= 0.6 is 0 Å². The van der Waals surface area contributed by atoms with Gasteiger partial charge in [0.05, 0.1) is 12.5 Å². The van der Waals surface area contributed by atoms with Crippen LogP contribution in [0.1, 0.15) is 102 Å². The Kier molecular flexibility index (Phi) is 7.00. The van der Waals surface area contributed by atoms with E-state index in [0.29, 0.717) is 6.42 Å². The van der Waals surface area contributed by atoms with Gasteiger partial charge >= 0.3 is 5.97 Å². The molecule has 0 N–H and O–H groups in total. The number of hydrogen-bond acceptors (Lipinski definition) is 4. The number of carbonyl (C=O) groups excluding carboxylic acids is 2. The minimum atomic E-state index is -1.88. The number of methoxy groups -OCH3 is 1. The smallest absolute Gasteiger partial charge is 0.311 e. The van der Waals surface area contributed by atoms with Gasteiger partial charge in [0, 0.05) is 12.0 Å². The number of esters is 1. The molecule has 5 heteroatoms. The third kappa shape index (κ3) is 3.84. The van der Waals surface area contributed by atoms with Crippen LogP contribution in [-0.4, -0.2) is 27.2 Å². The van der Waals surface area contributed by atoms with E-state index in [1.54, 1.807) is 0 Å². The number of hydrogen-bond donors (Lipinski definition) is 0. The highest BCUT2D eigenvalue weighted by molar-refractivity contribution is 6.74. The second kappa shape index (κ2) is 8.96. The summed E-state index contributed by atoms with van der Waals surface area (Å²) in [5, 5.41) is 0. The maximum Gasteiger partial charge on any atom is 0.311 e. The van der Waals surface area contributed by atoms with Crippen molar-refractivity contribution in [2.45, 2.75) is 104 Å². The van der Waals surface area contributed by atoms with Crippen LogP contribution in [0.15, 0.2) is 12.1 Å². The highest BCUT2D eigenvalue weighted by atomic mass is 28.4. The normalized spacial score (nSPS) is 27.7. The molecular formula is C27H42O4Si. The molecule has 32 heavy (non-hydrogen) atoms. The lowest BCUT2D eigenvalue weighted by atomic mass is 9.49. The topological polar surface area (TPSA) is 52.6 Å². The lowest BCUT2D eigenvalue weighted by molar-refractivity contribution is -0.160. The van der Waals surface area contributed by atoms with E-state index in [9.17, 15) is 9.59 Å². The number of ether oxygens (including phenoxy) is 1. The summed E-state index contributed by atoms with van der Waals surface area (Å²) in [5.74, 6) is 1.15. The van der Waals surface area contributed by atoms with Crippen molar-refractivity contribution in [3.8, 4) is 5.75 Å². The van der Waals surface area contributed by atoms with Crippen LogP contribution in [0.3, 0.4) is 0 Å². The summed E-state index contributed by atoms with van der Waals surface area (Å²) in [6, 6.07) is 7.54. The number of Topliss-reactive ketones (excluding diaryl/α,β-unsaturated/α-hetero) is 1. The Balaban J connectivity index is 2.20. The van der Waals surface area contributed by atoms with E-state index in [-0.39, 0.29) is 29.0 Å². The monoisotopic (exact) mass is 458 g/mol. The zero-order chi connectivity index (χ0) is 23.9. The summed E-state index contributed by atoms with van der Waals surface area (Å²) in [4.78, 5) is 26.3. The van der Waals surface area contributed by atoms with Crippen LogP contribution in [0.2, 0.25) is 18.1 Å². The van der Waals surface area contributed by atoms with Gasteiger partial charge in [-0.3, -0.25) is 9.59 Å². The van der Waals surface area contributed by atoms with Gasteiger partial charge in [-0.1, -0.05) is 48.0 Å². The Bertz CT molecular complexity index is 880. The van der Waals surface area contributed by atoms with Gasteiger partial charge in [0.15, 0.2) is 5.78 Å². The Hall–Kier alpha value is -1.62. The molecule has 1 aromatic rings. The van der Waals surface area contributed by atoms with Crippen LogP contribution < -0.4 is 4.43 Å². The fraction of sp³-hybridized carbons (Fsp3) is 0.704. The second-order valence-electron chi connectivity index (χ2n) is 10.8. The van der Waals surface area contributed by atoms with Gasteiger partial charge in [-0.25, -0.2) is 0 Å². The minimum Gasteiger partial charge on any atom is -0.543 e. The van der Waals surface area contributed by atoms with Crippen molar-refractivity contribution in [3.05, 3.63) is 28.8 Å². The molecule has 0 bridgehead atoms. The van der Waals surface area contributed by atoms with Gasteiger partial charge in [0.1, 0.15) is 5.75 Å². The van der Waals surface area contributed by atoms with Gasteiger partial charge in [-0.2, -0.15) is 0 Å². The molecule has 0 spiro atoms. The first kappa shape index (κ1) is 25.0. The highest BCUT2D eigenvalue weighted by Gasteiger charge is 2.57. The van der Waals surface area contributed by atoms with Crippen LogP contribution in [0.4, 0.5) is 0 Å². The number of carbonyl (C=O) groups is 2. The molecule has 0 saturated heterocycles. The quantitative estimate of drug-likeness (QED) is 0.325. The van der Waals surface area contributed by atoms with Crippen LogP contribution in [0.5, 0.6) is 5.75 Å². The van der Waals surface area contributed by atoms with Crippen molar-refractivity contribution in [1.29, 1.82) is 0 Å². The first-order valence-corrected chi connectivity index (χ1v) is 15.0. The third-order valence-electron chi connectivity index (χ3n) is 8.92. The lowest BCUT2D eigenvalue weighted by Crippen LogP contribution is -2.53. The van der Waals surface area contributed by atoms with Crippen molar-refractivity contribution in [1.82, 2.24) is 0 Å².